The van der Waals surface area contributed by atoms with Crippen LogP contribution in [-0.2, 0) is 4.74 Å². The van der Waals surface area contributed by atoms with E-state index in [4.69, 9.17) is 4.74 Å². The minimum atomic E-state index is 0.121. The van der Waals surface area contributed by atoms with E-state index in [1.54, 1.807) is 0 Å². The van der Waals surface area contributed by atoms with Crippen molar-refractivity contribution in [1.29, 1.82) is 0 Å². The molecule has 0 unspecified atom stereocenters. The summed E-state index contributed by atoms with van der Waals surface area (Å²) in [5, 5.41) is 9.88. The average Bonchev–Trinajstić information content (AvgIpc) is 2.39. The van der Waals surface area contributed by atoms with Gasteiger partial charge in [0.2, 0.25) is 0 Å². The Hall–Kier alpha value is -0.120. The second-order valence-corrected chi connectivity index (χ2v) is 7.03. The molecule has 0 aromatic rings. The van der Waals surface area contributed by atoms with Gasteiger partial charge in [0.1, 0.15) is 0 Å². The summed E-state index contributed by atoms with van der Waals surface area (Å²) in [5.74, 6) is 0.850. The third kappa shape index (κ3) is 2.10. The molecule has 18 heavy (non-hydrogen) atoms. The van der Waals surface area contributed by atoms with Crippen molar-refractivity contribution in [2.75, 3.05) is 32.9 Å². The fraction of sp³-hybridized carbons (Fsp3) is 1.00. The average molecular weight is 253 g/mol. The number of rotatable bonds is 2. The highest BCUT2D eigenvalue weighted by Gasteiger charge is 2.51. The van der Waals surface area contributed by atoms with Crippen molar-refractivity contribution in [2.24, 2.45) is 11.3 Å². The van der Waals surface area contributed by atoms with Crippen LogP contribution in [0.2, 0.25) is 0 Å². The van der Waals surface area contributed by atoms with Crippen molar-refractivity contribution in [1.82, 2.24) is 4.90 Å². The molecule has 0 aromatic carbocycles. The lowest BCUT2D eigenvalue weighted by Crippen LogP contribution is -2.68. The van der Waals surface area contributed by atoms with Gasteiger partial charge in [-0.3, -0.25) is 4.90 Å². The van der Waals surface area contributed by atoms with Crippen molar-refractivity contribution in [3.63, 3.8) is 0 Å². The van der Waals surface area contributed by atoms with Crippen LogP contribution in [0.5, 0.6) is 0 Å². The van der Waals surface area contributed by atoms with Crippen LogP contribution in [-0.4, -0.2) is 48.5 Å². The molecule has 3 heteroatoms. The standard InChI is InChI=1S/C15H27NO2/c1-13-2-4-15(12-17,5-3-13)16-10-14(11-16)6-8-18-9-7-14/h13,17H,2-12H2,1H3. The Bertz CT molecular complexity index is 283. The minimum Gasteiger partial charge on any atom is -0.394 e. The largest absolute Gasteiger partial charge is 0.394 e. The maximum atomic E-state index is 9.88. The first-order chi connectivity index (χ1) is 8.68. The lowest BCUT2D eigenvalue weighted by atomic mass is 9.67. The topological polar surface area (TPSA) is 32.7 Å². The fourth-order valence-electron chi connectivity index (χ4n) is 4.09. The van der Waals surface area contributed by atoms with E-state index in [9.17, 15) is 5.11 Å². The molecule has 104 valence electrons. The molecule has 3 rings (SSSR count). The molecule has 0 atom stereocenters. The molecule has 3 fully saturated rings. The Kier molecular flexibility index (Phi) is 3.41. The third-order valence-corrected chi connectivity index (χ3v) is 5.78. The SMILES string of the molecule is CC1CCC(CO)(N2CC3(CCOCC3)C2)CC1. The summed E-state index contributed by atoms with van der Waals surface area (Å²) in [4.78, 5) is 2.59. The van der Waals surface area contributed by atoms with Crippen LogP contribution >= 0.6 is 0 Å². The third-order valence-electron chi connectivity index (χ3n) is 5.78. The van der Waals surface area contributed by atoms with Gasteiger partial charge in [-0.1, -0.05) is 6.92 Å². The van der Waals surface area contributed by atoms with E-state index in [-0.39, 0.29) is 5.54 Å². The van der Waals surface area contributed by atoms with Crippen LogP contribution < -0.4 is 0 Å². The van der Waals surface area contributed by atoms with Crippen molar-refractivity contribution >= 4 is 0 Å². The van der Waals surface area contributed by atoms with E-state index < -0.39 is 0 Å². The monoisotopic (exact) mass is 253 g/mol. The highest BCUT2D eigenvalue weighted by molar-refractivity contribution is 5.05. The first-order valence-corrected chi connectivity index (χ1v) is 7.62. The van der Waals surface area contributed by atoms with Crippen molar-refractivity contribution in [3.05, 3.63) is 0 Å². The predicted octanol–water partition coefficient (Wildman–Crippen LogP) is 2.04. The molecule has 0 amide bonds. The number of ether oxygens (including phenoxy) is 1. The van der Waals surface area contributed by atoms with E-state index in [2.05, 4.69) is 11.8 Å². The maximum Gasteiger partial charge on any atom is 0.0615 e. The first-order valence-electron chi connectivity index (χ1n) is 7.62. The summed E-state index contributed by atoms with van der Waals surface area (Å²) in [6.45, 7) is 6.98. The van der Waals surface area contributed by atoms with Gasteiger partial charge in [-0.05, 0) is 44.4 Å². The van der Waals surface area contributed by atoms with Crippen molar-refractivity contribution in [2.45, 2.75) is 51.0 Å². The van der Waals surface area contributed by atoms with Gasteiger partial charge in [-0.25, -0.2) is 0 Å². The number of aliphatic hydroxyl groups excluding tert-OH is 1. The fourth-order valence-corrected chi connectivity index (χ4v) is 4.09. The number of nitrogens with zero attached hydrogens (tertiary/aromatic N) is 1. The van der Waals surface area contributed by atoms with Crippen LogP contribution in [0.15, 0.2) is 0 Å². The van der Waals surface area contributed by atoms with E-state index >= 15 is 0 Å². The van der Waals surface area contributed by atoms with Crippen LogP contribution in [0.25, 0.3) is 0 Å². The molecule has 2 saturated heterocycles. The Morgan fingerprint density at radius 3 is 2.28 bits per heavy atom. The van der Waals surface area contributed by atoms with Crippen LogP contribution in [0.4, 0.5) is 0 Å². The normalized spacial score (nSPS) is 40.7. The zero-order chi connectivity index (χ0) is 12.6. The molecular weight excluding hydrogens is 226 g/mol. The minimum absolute atomic E-state index is 0.121. The predicted molar refractivity (Wildman–Crippen MR) is 71.5 cm³/mol. The van der Waals surface area contributed by atoms with Crippen molar-refractivity contribution in [3.8, 4) is 0 Å². The van der Waals surface area contributed by atoms with Gasteiger partial charge in [-0.15, -0.1) is 0 Å². The Balaban J connectivity index is 1.61. The second kappa shape index (κ2) is 4.77. The number of aliphatic hydroxyl groups is 1. The van der Waals surface area contributed by atoms with Crippen LogP contribution in [0.1, 0.15) is 45.4 Å². The highest BCUT2D eigenvalue weighted by atomic mass is 16.5. The van der Waals surface area contributed by atoms with E-state index in [1.807, 2.05) is 0 Å². The molecule has 0 aromatic heterocycles. The molecule has 2 aliphatic heterocycles. The Labute approximate surface area is 110 Å². The molecule has 2 heterocycles. The van der Waals surface area contributed by atoms with Gasteiger partial charge in [0.25, 0.3) is 0 Å². The smallest absolute Gasteiger partial charge is 0.0615 e. The molecule has 0 radical (unpaired) electrons. The lowest BCUT2D eigenvalue weighted by Gasteiger charge is -2.60. The van der Waals surface area contributed by atoms with Crippen LogP contribution in [0, 0.1) is 11.3 Å². The molecule has 1 N–H and O–H groups in total. The zero-order valence-corrected chi connectivity index (χ0v) is 11.7. The molecule has 3 aliphatic rings. The number of hydrogen-bond acceptors (Lipinski definition) is 3. The Morgan fingerprint density at radius 1 is 1.11 bits per heavy atom. The molecule has 3 nitrogen and oxygen atoms in total. The van der Waals surface area contributed by atoms with Gasteiger partial charge in [0, 0.05) is 37.3 Å². The quantitative estimate of drug-likeness (QED) is 0.817. The van der Waals surface area contributed by atoms with Gasteiger partial charge in [-0.2, -0.15) is 0 Å². The van der Waals surface area contributed by atoms with E-state index in [1.165, 1.54) is 51.6 Å². The molecule has 1 spiro atoms. The maximum absolute atomic E-state index is 9.88. The molecular formula is C15H27NO2. The molecule has 1 aliphatic carbocycles. The summed E-state index contributed by atoms with van der Waals surface area (Å²) in [5.41, 5.74) is 0.652. The van der Waals surface area contributed by atoms with Gasteiger partial charge in [0.05, 0.1) is 6.61 Å². The molecule has 1 saturated carbocycles. The van der Waals surface area contributed by atoms with Gasteiger partial charge >= 0.3 is 0 Å². The summed E-state index contributed by atoms with van der Waals surface area (Å²) in [6.07, 6.45) is 7.40. The zero-order valence-electron chi connectivity index (χ0n) is 11.7. The van der Waals surface area contributed by atoms with Gasteiger partial charge < -0.3 is 9.84 Å². The van der Waals surface area contributed by atoms with E-state index in [0.717, 1.165) is 19.1 Å². The Morgan fingerprint density at radius 2 is 1.72 bits per heavy atom. The second-order valence-electron chi connectivity index (χ2n) is 7.03. The summed E-state index contributed by atoms with van der Waals surface area (Å²) in [7, 11) is 0. The summed E-state index contributed by atoms with van der Waals surface area (Å²) in [6, 6.07) is 0. The highest BCUT2D eigenvalue weighted by Crippen LogP contribution is 2.47. The van der Waals surface area contributed by atoms with Crippen molar-refractivity contribution < 1.29 is 9.84 Å². The lowest BCUT2D eigenvalue weighted by molar-refractivity contribution is -0.147. The number of likely N-dealkylation sites (tertiary alicyclic amines) is 1. The van der Waals surface area contributed by atoms with Crippen LogP contribution in [0.3, 0.4) is 0 Å². The van der Waals surface area contributed by atoms with E-state index in [0.29, 0.717) is 12.0 Å². The number of hydrogen-bond donors (Lipinski definition) is 1. The summed E-state index contributed by atoms with van der Waals surface area (Å²) < 4.78 is 5.48. The molecule has 0 bridgehead atoms. The van der Waals surface area contributed by atoms with Gasteiger partial charge in [0.15, 0.2) is 0 Å². The first kappa shape index (κ1) is 12.9. The summed E-state index contributed by atoms with van der Waals surface area (Å²) >= 11 is 0.